The maximum absolute atomic E-state index is 13.1. The van der Waals surface area contributed by atoms with Crippen LogP contribution in [-0.4, -0.2) is 33.3 Å². The van der Waals surface area contributed by atoms with E-state index in [0.717, 1.165) is 44.9 Å². The lowest BCUT2D eigenvalue weighted by molar-refractivity contribution is -0.140. The van der Waals surface area contributed by atoms with Crippen LogP contribution >= 0.6 is 0 Å². The first-order valence-electron chi connectivity index (χ1n) is 13.4. The van der Waals surface area contributed by atoms with Crippen LogP contribution < -0.4 is 0 Å². The van der Waals surface area contributed by atoms with Crippen molar-refractivity contribution in [1.29, 1.82) is 0 Å². The van der Waals surface area contributed by atoms with Gasteiger partial charge >= 0.3 is 5.97 Å². The SMILES string of the molecule is COC(=O)CCCCCC[C@H]1C(=O)CC(O[Si](C)(C)C(C)(C)C)C1/C=C/CCc1cccc(C)c1. The Hall–Kier alpha value is -1.72. The van der Waals surface area contributed by atoms with Gasteiger partial charge in [0, 0.05) is 24.7 Å². The van der Waals surface area contributed by atoms with Gasteiger partial charge < -0.3 is 9.16 Å². The van der Waals surface area contributed by atoms with Crippen molar-refractivity contribution >= 4 is 20.1 Å². The van der Waals surface area contributed by atoms with Crippen LogP contribution in [0.4, 0.5) is 0 Å². The summed E-state index contributed by atoms with van der Waals surface area (Å²) in [6.07, 6.45) is 12.4. The summed E-state index contributed by atoms with van der Waals surface area (Å²) in [7, 11) is -0.535. The fourth-order valence-corrected chi connectivity index (χ4v) is 6.06. The number of hydrogen-bond acceptors (Lipinski definition) is 4. The first-order valence-corrected chi connectivity index (χ1v) is 16.3. The highest BCUT2D eigenvalue weighted by Crippen LogP contribution is 2.43. The Bertz CT molecular complexity index is 852. The molecule has 0 spiro atoms. The second-order valence-electron chi connectivity index (χ2n) is 11.8. The molecule has 196 valence electrons. The van der Waals surface area contributed by atoms with Crippen molar-refractivity contribution in [2.45, 2.75) is 110 Å². The predicted octanol–water partition coefficient (Wildman–Crippen LogP) is 7.59. The van der Waals surface area contributed by atoms with E-state index in [1.807, 2.05) is 0 Å². The molecule has 4 nitrogen and oxygen atoms in total. The van der Waals surface area contributed by atoms with E-state index < -0.39 is 8.32 Å². The van der Waals surface area contributed by atoms with Gasteiger partial charge in [0.2, 0.25) is 0 Å². The highest BCUT2D eigenvalue weighted by atomic mass is 28.4. The molecule has 35 heavy (non-hydrogen) atoms. The minimum absolute atomic E-state index is 0.0112. The topological polar surface area (TPSA) is 52.6 Å². The first kappa shape index (κ1) is 29.5. The summed E-state index contributed by atoms with van der Waals surface area (Å²) in [5, 5.41) is 0.118. The molecule has 5 heteroatoms. The number of methoxy groups -OCH3 is 1. The molecule has 0 N–H and O–H groups in total. The number of ether oxygens (including phenoxy) is 1. The van der Waals surface area contributed by atoms with E-state index >= 15 is 0 Å². The molecule has 0 aromatic heterocycles. The van der Waals surface area contributed by atoms with Gasteiger partial charge in [-0.2, -0.15) is 0 Å². The van der Waals surface area contributed by atoms with Gasteiger partial charge in [-0.1, -0.05) is 82.0 Å². The van der Waals surface area contributed by atoms with E-state index in [-0.39, 0.29) is 28.9 Å². The number of carbonyl (C=O) groups is 2. The van der Waals surface area contributed by atoms with Gasteiger partial charge in [0.25, 0.3) is 0 Å². The highest BCUT2D eigenvalue weighted by Gasteiger charge is 2.46. The lowest BCUT2D eigenvalue weighted by Gasteiger charge is -2.39. The fourth-order valence-electron chi connectivity index (χ4n) is 4.71. The summed E-state index contributed by atoms with van der Waals surface area (Å²) in [5.74, 6) is 0.416. The second kappa shape index (κ2) is 13.5. The van der Waals surface area contributed by atoms with Gasteiger partial charge in [-0.05, 0) is 56.3 Å². The number of carbonyl (C=O) groups excluding carboxylic acids is 2. The van der Waals surface area contributed by atoms with Crippen molar-refractivity contribution in [2.24, 2.45) is 11.8 Å². The Morgan fingerprint density at radius 2 is 1.86 bits per heavy atom. The smallest absolute Gasteiger partial charge is 0.305 e. The van der Waals surface area contributed by atoms with Crippen LogP contribution in [0, 0.1) is 18.8 Å². The Labute approximate surface area is 215 Å². The number of Topliss-reactive ketones (excluding diaryl/α,β-unsaturated/α-hetero) is 1. The lowest BCUT2D eigenvalue weighted by Crippen LogP contribution is -2.45. The zero-order chi connectivity index (χ0) is 26.1. The number of esters is 1. The molecule has 1 saturated carbocycles. The maximum atomic E-state index is 13.1. The van der Waals surface area contributed by atoms with Gasteiger partial charge in [0.05, 0.1) is 13.2 Å². The number of unbranched alkanes of at least 4 members (excludes halogenated alkanes) is 3. The first-order chi connectivity index (χ1) is 16.4. The second-order valence-corrected chi connectivity index (χ2v) is 16.5. The molecule has 0 amide bonds. The number of ketones is 1. The number of hydrogen-bond donors (Lipinski definition) is 0. The van der Waals surface area contributed by atoms with Gasteiger partial charge in [0.1, 0.15) is 5.78 Å². The fraction of sp³-hybridized carbons (Fsp3) is 0.667. The molecule has 2 unspecified atom stereocenters. The van der Waals surface area contributed by atoms with Crippen LogP contribution in [0.1, 0.15) is 83.3 Å². The van der Waals surface area contributed by atoms with Crippen LogP contribution in [0.5, 0.6) is 0 Å². The molecule has 1 aromatic carbocycles. The Kier molecular flexibility index (Phi) is 11.4. The number of benzene rings is 1. The quantitative estimate of drug-likeness (QED) is 0.121. The summed E-state index contributed by atoms with van der Waals surface area (Å²) < 4.78 is 11.5. The van der Waals surface area contributed by atoms with Crippen molar-refractivity contribution in [3.63, 3.8) is 0 Å². The third-order valence-corrected chi connectivity index (χ3v) is 12.4. The van der Waals surface area contributed by atoms with E-state index in [4.69, 9.17) is 9.16 Å². The highest BCUT2D eigenvalue weighted by molar-refractivity contribution is 6.74. The maximum Gasteiger partial charge on any atom is 0.305 e. The molecule has 1 aromatic rings. The van der Waals surface area contributed by atoms with Crippen molar-refractivity contribution in [3.05, 3.63) is 47.5 Å². The largest absolute Gasteiger partial charge is 0.469 e. The average Bonchev–Trinajstić information content (AvgIpc) is 3.06. The predicted molar refractivity (Wildman–Crippen MR) is 147 cm³/mol. The van der Waals surface area contributed by atoms with Crippen molar-refractivity contribution < 1.29 is 18.8 Å². The molecule has 1 fully saturated rings. The normalized spacial score (nSPS) is 21.1. The van der Waals surface area contributed by atoms with Gasteiger partial charge in [-0.15, -0.1) is 0 Å². The summed E-state index contributed by atoms with van der Waals surface area (Å²) in [6, 6.07) is 8.69. The van der Waals surface area contributed by atoms with Crippen LogP contribution in [0.25, 0.3) is 0 Å². The molecule has 1 aliphatic carbocycles. The molecule has 0 radical (unpaired) electrons. The van der Waals surface area contributed by atoms with E-state index in [1.54, 1.807) is 0 Å². The summed E-state index contributed by atoms with van der Waals surface area (Å²) >= 11 is 0. The molecule has 0 heterocycles. The molecule has 0 bridgehead atoms. The summed E-state index contributed by atoms with van der Waals surface area (Å²) in [5.41, 5.74) is 2.65. The van der Waals surface area contributed by atoms with Crippen molar-refractivity contribution in [1.82, 2.24) is 0 Å². The third-order valence-electron chi connectivity index (χ3n) is 7.88. The lowest BCUT2D eigenvalue weighted by atomic mass is 9.88. The molecule has 2 rings (SSSR count). The summed E-state index contributed by atoms with van der Waals surface area (Å²) in [6.45, 7) is 13.5. The van der Waals surface area contributed by atoms with Crippen molar-refractivity contribution in [3.8, 4) is 0 Å². The monoisotopic (exact) mass is 500 g/mol. The molecule has 3 atom stereocenters. The molecular weight excluding hydrogens is 452 g/mol. The Morgan fingerprint density at radius 1 is 1.14 bits per heavy atom. The Balaban J connectivity index is 2.02. The standard InChI is InChI=1S/C30H48O4Si/c1-23-15-14-17-24(21-23)16-12-13-19-26-25(18-10-8-9-11-20-29(32)33-5)27(31)22-28(26)34-35(6,7)30(2,3)4/h13-15,17,19,21,25-26,28H,8-12,16,18,20,22H2,1-7H3/b19-13+/t25-,26?,28?/m1/s1. The summed E-state index contributed by atoms with van der Waals surface area (Å²) in [4.78, 5) is 24.4. The van der Waals surface area contributed by atoms with E-state index in [2.05, 4.69) is 77.2 Å². The van der Waals surface area contributed by atoms with Crippen LogP contribution in [0.15, 0.2) is 36.4 Å². The zero-order valence-corrected chi connectivity index (χ0v) is 24.2. The van der Waals surface area contributed by atoms with E-state index in [0.29, 0.717) is 18.6 Å². The van der Waals surface area contributed by atoms with Gasteiger partial charge in [-0.3, -0.25) is 9.59 Å². The number of allylic oxidation sites excluding steroid dienone is 1. The van der Waals surface area contributed by atoms with Gasteiger partial charge in [-0.25, -0.2) is 0 Å². The number of rotatable bonds is 13. The van der Waals surface area contributed by atoms with E-state index in [1.165, 1.54) is 18.2 Å². The molecule has 0 aliphatic heterocycles. The zero-order valence-electron chi connectivity index (χ0n) is 23.2. The van der Waals surface area contributed by atoms with Crippen LogP contribution in [0.2, 0.25) is 18.1 Å². The average molecular weight is 501 g/mol. The Morgan fingerprint density at radius 3 is 2.51 bits per heavy atom. The minimum atomic E-state index is -1.97. The molecule has 1 aliphatic rings. The molecule has 0 saturated heterocycles. The molecular formula is C30H48O4Si. The van der Waals surface area contributed by atoms with Crippen LogP contribution in [0.3, 0.4) is 0 Å². The van der Waals surface area contributed by atoms with E-state index in [9.17, 15) is 9.59 Å². The minimum Gasteiger partial charge on any atom is -0.469 e. The third kappa shape index (κ3) is 9.34. The van der Waals surface area contributed by atoms with Gasteiger partial charge in [0.15, 0.2) is 8.32 Å². The van der Waals surface area contributed by atoms with Crippen LogP contribution in [-0.2, 0) is 25.2 Å². The number of aryl methyl sites for hydroxylation is 2. The van der Waals surface area contributed by atoms with Crippen molar-refractivity contribution in [2.75, 3.05) is 7.11 Å².